The van der Waals surface area contributed by atoms with E-state index in [9.17, 15) is 0 Å². The van der Waals surface area contributed by atoms with Crippen LogP contribution in [0.5, 0.6) is 0 Å². The van der Waals surface area contributed by atoms with Crippen LogP contribution < -0.4 is 11.5 Å². The van der Waals surface area contributed by atoms with Crippen molar-refractivity contribution in [1.29, 1.82) is 0 Å². The zero-order chi connectivity index (χ0) is 10.3. The normalized spacial score (nSPS) is 20.6. The molecular formula is C10H12Cl2N2. The van der Waals surface area contributed by atoms with E-state index in [0.29, 0.717) is 10.0 Å². The highest BCUT2D eigenvalue weighted by Crippen LogP contribution is 2.42. The molecule has 1 fully saturated rings. The van der Waals surface area contributed by atoms with Crippen LogP contribution in [-0.4, -0.2) is 5.54 Å². The molecule has 4 N–H and O–H groups in total. The first-order chi connectivity index (χ1) is 6.53. The lowest BCUT2D eigenvalue weighted by atomic mass is 9.99. The molecule has 1 atom stereocenters. The van der Waals surface area contributed by atoms with Gasteiger partial charge in [-0.15, -0.1) is 0 Å². The van der Waals surface area contributed by atoms with Crippen molar-refractivity contribution in [2.24, 2.45) is 11.5 Å². The number of hydrogen-bond donors (Lipinski definition) is 2. The molecule has 0 heterocycles. The summed E-state index contributed by atoms with van der Waals surface area (Å²) in [6.07, 6.45) is 1.96. The molecule has 1 aliphatic rings. The molecular weight excluding hydrogens is 219 g/mol. The maximum Gasteiger partial charge on any atom is 0.0595 e. The molecule has 0 aromatic heterocycles. The molecule has 1 unspecified atom stereocenters. The molecule has 1 saturated carbocycles. The number of halogens is 2. The van der Waals surface area contributed by atoms with Crippen molar-refractivity contribution in [1.82, 2.24) is 0 Å². The zero-order valence-electron chi connectivity index (χ0n) is 7.63. The number of rotatable bonds is 2. The maximum atomic E-state index is 6.03. The van der Waals surface area contributed by atoms with Crippen LogP contribution in [0.1, 0.15) is 24.4 Å². The van der Waals surface area contributed by atoms with Gasteiger partial charge in [0.15, 0.2) is 0 Å². The van der Waals surface area contributed by atoms with Gasteiger partial charge in [0.2, 0.25) is 0 Å². The highest BCUT2D eigenvalue weighted by atomic mass is 35.5. The van der Waals surface area contributed by atoms with Crippen molar-refractivity contribution < 1.29 is 0 Å². The van der Waals surface area contributed by atoms with Crippen molar-refractivity contribution >= 4 is 23.2 Å². The first-order valence-corrected chi connectivity index (χ1v) is 5.28. The first kappa shape index (κ1) is 10.2. The Morgan fingerprint density at radius 1 is 1.21 bits per heavy atom. The average molecular weight is 231 g/mol. The standard InChI is InChI=1S/C10H12Cl2N2/c11-7-2-1-6(5-8(7)12)9(13)10(14)3-4-10/h1-2,5,9H,3-4,13-14H2. The van der Waals surface area contributed by atoms with Crippen LogP contribution in [-0.2, 0) is 0 Å². The summed E-state index contributed by atoms with van der Waals surface area (Å²) in [6.45, 7) is 0. The molecule has 1 aromatic carbocycles. The molecule has 4 heteroatoms. The van der Waals surface area contributed by atoms with E-state index in [4.69, 9.17) is 34.7 Å². The van der Waals surface area contributed by atoms with Gasteiger partial charge in [0.25, 0.3) is 0 Å². The van der Waals surface area contributed by atoms with E-state index in [0.717, 1.165) is 18.4 Å². The van der Waals surface area contributed by atoms with Crippen molar-refractivity contribution in [2.45, 2.75) is 24.4 Å². The monoisotopic (exact) mass is 230 g/mol. The maximum absolute atomic E-state index is 6.03. The topological polar surface area (TPSA) is 52.0 Å². The molecule has 0 saturated heterocycles. The summed E-state index contributed by atoms with van der Waals surface area (Å²) >= 11 is 11.7. The minimum absolute atomic E-state index is 0.141. The van der Waals surface area contributed by atoms with E-state index < -0.39 is 0 Å². The Bertz CT molecular complexity index is 361. The predicted molar refractivity (Wildman–Crippen MR) is 59.5 cm³/mol. The third-order valence-electron chi connectivity index (χ3n) is 2.75. The molecule has 0 radical (unpaired) electrons. The fourth-order valence-electron chi connectivity index (χ4n) is 1.49. The SMILES string of the molecule is NC(c1ccc(Cl)c(Cl)c1)C1(N)CC1. The van der Waals surface area contributed by atoms with Gasteiger partial charge in [0.1, 0.15) is 0 Å². The average Bonchev–Trinajstić information content (AvgIpc) is 2.89. The third-order valence-corrected chi connectivity index (χ3v) is 3.49. The third kappa shape index (κ3) is 1.75. The van der Waals surface area contributed by atoms with Crippen molar-refractivity contribution in [3.63, 3.8) is 0 Å². The van der Waals surface area contributed by atoms with Gasteiger partial charge in [0, 0.05) is 11.6 Å². The van der Waals surface area contributed by atoms with Crippen LogP contribution in [0, 0.1) is 0 Å². The minimum Gasteiger partial charge on any atom is -0.323 e. The van der Waals surface area contributed by atoms with Gasteiger partial charge in [-0.25, -0.2) is 0 Å². The lowest BCUT2D eigenvalue weighted by Crippen LogP contribution is -2.36. The van der Waals surface area contributed by atoms with Crippen molar-refractivity contribution in [2.75, 3.05) is 0 Å². The molecule has 1 aromatic rings. The molecule has 0 aliphatic heterocycles. The van der Waals surface area contributed by atoms with Crippen LogP contribution in [0.4, 0.5) is 0 Å². The van der Waals surface area contributed by atoms with E-state index in [1.165, 1.54) is 0 Å². The minimum atomic E-state index is -0.225. The highest BCUT2D eigenvalue weighted by Gasteiger charge is 2.44. The lowest BCUT2D eigenvalue weighted by molar-refractivity contribution is 0.536. The summed E-state index contributed by atoms with van der Waals surface area (Å²) in [4.78, 5) is 0. The van der Waals surface area contributed by atoms with Gasteiger partial charge in [0.05, 0.1) is 10.0 Å². The van der Waals surface area contributed by atoms with E-state index >= 15 is 0 Å². The second-order valence-corrected chi connectivity index (χ2v) is 4.70. The largest absolute Gasteiger partial charge is 0.323 e. The van der Waals surface area contributed by atoms with E-state index in [-0.39, 0.29) is 11.6 Å². The quantitative estimate of drug-likeness (QED) is 0.821. The summed E-state index contributed by atoms with van der Waals surface area (Å²) in [6, 6.07) is 5.29. The molecule has 0 spiro atoms. The second-order valence-electron chi connectivity index (χ2n) is 3.88. The van der Waals surface area contributed by atoms with Crippen molar-refractivity contribution in [3.8, 4) is 0 Å². The Hall–Kier alpha value is -0.280. The fraction of sp³-hybridized carbons (Fsp3) is 0.400. The van der Waals surface area contributed by atoms with Gasteiger partial charge in [-0.3, -0.25) is 0 Å². The highest BCUT2D eigenvalue weighted by molar-refractivity contribution is 6.42. The fourth-order valence-corrected chi connectivity index (χ4v) is 1.80. The summed E-state index contributed by atoms with van der Waals surface area (Å²) in [7, 11) is 0. The molecule has 76 valence electrons. The Morgan fingerprint density at radius 2 is 1.86 bits per heavy atom. The molecule has 2 rings (SSSR count). The summed E-state index contributed by atoms with van der Waals surface area (Å²) < 4.78 is 0. The van der Waals surface area contributed by atoms with Crippen molar-refractivity contribution in [3.05, 3.63) is 33.8 Å². The Balaban J connectivity index is 2.28. The lowest BCUT2D eigenvalue weighted by Gasteiger charge is -2.19. The van der Waals surface area contributed by atoms with Gasteiger partial charge < -0.3 is 11.5 Å². The Kier molecular flexibility index (Phi) is 2.48. The van der Waals surface area contributed by atoms with Gasteiger partial charge in [-0.1, -0.05) is 29.3 Å². The molecule has 0 bridgehead atoms. The van der Waals surface area contributed by atoms with Gasteiger partial charge >= 0.3 is 0 Å². The van der Waals surface area contributed by atoms with Crippen LogP contribution in [0.25, 0.3) is 0 Å². The molecule has 2 nitrogen and oxygen atoms in total. The van der Waals surface area contributed by atoms with Crippen LogP contribution >= 0.6 is 23.2 Å². The van der Waals surface area contributed by atoms with Gasteiger partial charge in [-0.2, -0.15) is 0 Å². The summed E-state index contributed by atoms with van der Waals surface area (Å²) in [5, 5.41) is 1.08. The zero-order valence-corrected chi connectivity index (χ0v) is 9.15. The van der Waals surface area contributed by atoms with Crippen LogP contribution in [0.15, 0.2) is 18.2 Å². The molecule has 1 aliphatic carbocycles. The van der Waals surface area contributed by atoms with E-state index in [2.05, 4.69) is 0 Å². The molecule has 14 heavy (non-hydrogen) atoms. The number of benzene rings is 1. The summed E-state index contributed by atoms with van der Waals surface area (Å²) in [5.74, 6) is 0. The Morgan fingerprint density at radius 3 is 2.36 bits per heavy atom. The number of nitrogens with two attached hydrogens (primary N) is 2. The van der Waals surface area contributed by atoms with Crippen LogP contribution in [0.3, 0.4) is 0 Å². The van der Waals surface area contributed by atoms with Crippen LogP contribution in [0.2, 0.25) is 10.0 Å². The van der Waals surface area contributed by atoms with Gasteiger partial charge in [-0.05, 0) is 30.5 Å². The smallest absolute Gasteiger partial charge is 0.0595 e. The second kappa shape index (κ2) is 3.38. The summed E-state index contributed by atoms with van der Waals surface area (Å²) in [5.41, 5.74) is 12.8. The van der Waals surface area contributed by atoms with E-state index in [1.54, 1.807) is 12.1 Å². The number of hydrogen-bond acceptors (Lipinski definition) is 2. The first-order valence-electron chi connectivity index (χ1n) is 4.52. The predicted octanol–water partition coefficient (Wildman–Crippen LogP) is 2.48. The molecule has 0 amide bonds. The van der Waals surface area contributed by atoms with E-state index in [1.807, 2.05) is 6.07 Å². The Labute approximate surface area is 93.2 Å².